The van der Waals surface area contributed by atoms with E-state index in [0.717, 1.165) is 11.3 Å². The van der Waals surface area contributed by atoms with Crippen molar-refractivity contribution in [1.82, 2.24) is 0 Å². The first-order valence-electron chi connectivity index (χ1n) is 7.50. The van der Waals surface area contributed by atoms with Gasteiger partial charge in [-0.15, -0.1) is 0 Å². The van der Waals surface area contributed by atoms with E-state index in [9.17, 15) is 9.59 Å². The van der Waals surface area contributed by atoms with Crippen LogP contribution in [0.4, 0.5) is 11.4 Å². The van der Waals surface area contributed by atoms with Gasteiger partial charge in [0.1, 0.15) is 0 Å². The maximum atomic E-state index is 12.8. The lowest BCUT2D eigenvalue weighted by molar-refractivity contribution is -0.118. The Morgan fingerprint density at radius 1 is 1.22 bits per heavy atom. The van der Waals surface area contributed by atoms with E-state index < -0.39 is 0 Å². The zero-order chi connectivity index (χ0) is 16.4. The molecular weight excluding hydrogens is 312 g/mol. The van der Waals surface area contributed by atoms with Crippen LogP contribution in [0.5, 0.6) is 0 Å². The Kier molecular flexibility index (Phi) is 4.35. The number of rotatable bonds is 2. The lowest BCUT2D eigenvalue weighted by Gasteiger charge is -2.28. The summed E-state index contributed by atoms with van der Waals surface area (Å²) in [5.41, 5.74) is 2.31. The third kappa shape index (κ3) is 3.37. The average molecular weight is 329 g/mol. The third-order valence-corrected chi connectivity index (χ3v) is 4.15. The lowest BCUT2D eigenvalue weighted by Crippen LogP contribution is -2.40. The van der Waals surface area contributed by atoms with E-state index in [1.54, 1.807) is 17.0 Å². The lowest BCUT2D eigenvalue weighted by atomic mass is 10.1. The molecule has 0 fully saturated rings. The van der Waals surface area contributed by atoms with Crippen molar-refractivity contribution in [2.75, 3.05) is 10.2 Å². The highest BCUT2D eigenvalue weighted by molar-refractivity contribution is 6.30. The van der Waals surface area contributed by atoms with Crippen LogP contribution < -0.4 is 10.2 Å². The topological polar surface area (TPSA) is 49.4 Å². The van der Waals surface area contributed by atoms with E-state index in [2.05, 4.69) is 5.32 Å². The minimum Gasteiger partial charge on any atom is -0.324 e. The standard InChI is InChI=1S/C18H17ClN2O2/c1-12-10-17(22)20-15-4-2-3-5-16(15)21(12)18(23)11-13-6-8-14(19)9-7-13/h2-9,12H,10-11H2,1H3,(H,20,22)/t12-/m1/s1. The molecule has 0 aromatic heterocycles. The zero-order valence-electron chi connectivity index (χ0n) is 12.8. The van der Waals surface area contributed by atoms with Gasteiger partial charge in [0.15, 0.2) is 0 Å². The summed E-state index contributed by atoms with van der Waals surface area (Å²) in [5, 5.41) is 3.50. The van der Waals surface area contributed by atoms with Crippen LogP contribution in [0, 0.1) is 0 Å². The molecule has 1 aliphatic rings. The second kappa shape index (κ2) is 6.42. The van der Waals surface area contributed by atoms with Gasteiger partial charge >= 0.3 is 0 Å². The Labute approximate surface area is 140 Å². The summed E-state index contributed by atoms with van der Waals surface area (Å²) in [6, 6.07) is 14.4. The number of benzene rings is 2. The molecule has 23 heavy (non-hydrogen) atoms. The summed E-state index contributed by atoms with van der Waals surface area (Å²) in [6.45, 7) is 1.89. The predicted molar refractivity (Wildman–Crippen MR) is 91.8 cm³/mol. The Morgan fingerprint density at radius 3 is 2.65 bits per heavy atom. The Morgan fingerprint density at radius 2 is 1.91 bits per heavy atom. The first-order chi connectivity index (χ1) is 11.0. The monoisotopic (exact) mass is 328 g/mol. The van der Waals surface area contributed by atoms with Gasteiger partial charge < -0.3 is 10.2 Å². The Hall–Kier alpha value is -2.33. The van der Waals surface area contributed by atoms with Crippen molar-refractivity contribution in [2.45, 2.75) is 25.8 Å². The van der Waals surface area contributed by atoms with Crippen LogP contribution in [-0.4, -0.2) is 17.9 Å². The number of nitrogens with zero attached hydrogens (tertiary/aromatic N) is 1. The molecule has 1 N–H and O–H groups in total. The van der Waals surface area contributed by atoms with E-state index in [0.29, 0.717) is 10.7 Å². The minimum absolute atomic E-state index is 0.0382. The quantitative estimate of drug-likeness (QED) is 0.914. The summed E-state index contributed by atoms with van der Waals surface area (Å²) in [6.07, 6.45) is 0.547. The number of hydrogen-bond acceptors (Lipinski definition) is 2. The normalized spacial score (nSPS) is 17.2. The highest BCUT2D eigenvalue weighted by atomic mass is 35.5. The molecule has 2 amide bonds. The number of carbonyl (C=O) groups excluding carboxylic acids is 2. The fraction of sp³-hybridized carbons (Fsp3) is 0.222. The summed E-state index contributed by atoms with van der Waals surface area (Å²) in [4.78, 5) is 26.5. The number of amides is 2. The third-order valence-electron chi connectivity index (χ3n) is 3.90. The summed E-state index contributed by atoms with van der Waals surface area (Å²) in [7, 11) is 0. The molecule has 118 valence electrons. The van der Waals surface area contributed by atoms with Crippen molar-refractivity contribution in [3.8, 4) is 0 Å². The van der Waals surface area contributed by atoms with E-state index in [4.69, 9.17) is 11.6 Å². The van der Waals surface area contributed by atoms with Crippen LogP contribution in [0.3, 0.4) is 0 Å². The molecule has 0 aliphatic carbocycles. The molecule has 0 saturated heterocycles. The number of anilines is 2. The Balaban J connectivity index is 1.91. The second-order valence-electron chi connectivity index (χ2n) is 5.69. The van der Waals surface area contributed by atoms with E-state index in [1.807, 2.05) is 43.3 Å². The highest BCUT2D eigenvalue weighted by Crippen LogP contribution is 2.31. The van der Waals surface area contributed by atoms with Gasteiger partial charge in [0, 0.05) is 17.5 Å². The van der Waals surface area contributed by atoms with Gasteiger partial charge in [0.25, 0.3) is 0 Å². The maximum absolute atomic E-state index is 12.8. The number of para-hydroxylation sites is 2. The molecule has 0 radical (unpaired) electrons. The average Bonchev–Trinajstić information content (AvgIpc) is 2.63. The van der Waals surface area contributed by atoms with Crippen LogP contribution in [-0.2, 0) is 16.0 Å². The molecule has 3 rings (SSSR count). The molecular formula is C18H17ClN2O2. The van der Waals surface area contributed by atoms with Crippen LogP contribution in [0.15, 0.2) is 48.5 Å². The highest BCUT2D eigenvalue weighted by Gasteiger charge is 2.29. The van der Waals surface area contributed by atoms with E-state index in [1.165, 1.54) is 0 Å². The van der Waals surface area contributed by atoms with E-state index in [-0.39, 0.29) is 30.7 Å². The van der Waals surface area contributed by atoms with Crippen LogP contribution in [0.25, 0.3) is 0 Å². The molecule has 2 aromatic carbocycles. The van der Waals surface area contributed by atoms with Crippen molar-refractivity contribution in [3.05, 3.63) is 59.1 Å². The minimum atomic E-state index is -0.196. The number of halogens is 1. The SMILES string of the molecule is C[C@@H]1CC(=O)Nc2ccccc2N1C(=O)Cc1ccc(Cl)cc1. The summed E-state index contributed by atoms with van der Waals surface area (Å²) >= 11 is 5.88. The van der Waals surface area contributed by atoms with Crippen molar-refractivity contribution in [1.29, 1.82) is 0 Å². The zero-order valence-corrected chi connectivity index (χ0v) is 13.5. The van der Waals surface area contributed by atoms with Crippen LogP contribution in [0.2, 0.25) is 5.02 Å². The van der Waals surface area contributed by atoms with E-state index >= 15 is 0 Å². The molecule has 0 unspecified atom stereocenters. The Bertz CT molecular complexity index is 743. The summed E-state index contributed by atoms with van der Waals surface area (Å²) < 4.78 is 0. The number of hydrogen-bond donors (Lipinski definition) is 1. The van der Waals surface area contributed by atoms with Crippen molar-refractivity contribution in [3.63, 3.8) is 0 Å². The van der Waals surface area contributed by atoms with Crippen molar-refractivity contribution in [2.24, 2.45) is 0 Å². The molecule has 0 saturated carbocycles. The fourth-order valence-corrected chi connectivity index (χ4v) is 2.96. The van der Waals surface area contributed by atoms with Crippen LogP contribution >= 0.6 is 11.6 Å². The largest absolute Gasteiger partial charge is 0.324 e. The van der Waals surface area contributed by atoms with Gasteiger partial charge in [-0.2, -0.15) is 0 Å². The summed E-state index contributed by atoms with van der Waals surface area (Å²) in [5.74, 6) is -0.115. The predicted octanol–water partition coefficient (Wildman–Crippen LogP) is 3.65. The van der Waals surface area contributed by atoms with Crippen LogP contribution in [0.1, 0.15) is 18.9 Å². The molecule has 4 nitrogen and oxygen atoms in total. The fourth-order valence-electron chi connectivity index (χ4n) is 2.83. The van der Waals surface area contributed by atoms with Gasteiger partial charge in [-0.3, -0.25) is 9.59 Å². The van der Waals surface area contributed by atoms with Crippen molar-refractivity contribution >= 4 is 34.8 Å². The number of nitrogens with one attached hydrogen (secondary N) is 1. The number of fused-ring (bicyclic) bond motifs is 1. The van der Waals surface area contributed by atoms with Gasteiger partial charge in [0.2, 0.25) is 11.8 Å². The molecule has 0 bridgehead atoms. The number of carbonyl (C=O) groups is 2. The van der Waals surface area contributed by atoms with Gasteiger partial charge in [-0.1, -0.05) is 35.9 Å². The molecule has 0 spiro atoms. The van der Waals surface area contributed by atoms with Crippen molar-refractivity contribution < 1.29 is 9.59 Å². The first-order valence-corrected chi connectivity index (χ1v) is 7.88. The molecule has 1 aliphatic heterocycles. The second-order valence-corrected chi connectivity index (χ2v) is 6.12. The van der Waals surface area contributed by atoms with Gasteiger partial charge in [-0.05, 0) is 36.8 Å². The molecule has 5 heteroatoms. The maximum Gasteiger partial charge on any atom is 0.231 e. The smallest absolute Gasteiger partial charge is 0.231 e. The molecule has 1 heterocycles. The molecule has 2 aromatic rings. The van der Waals surface area contributed by atoms with Gasteiger partial charge in [0.05, 0.1) is 17.8 Å². The molecule has 1 atom stereocenters. The first kappa shape index (κ1) is 15.6. The van der Waals surface area contributed by atoms with Gasteiger partial charge in [-0.25, -0.2) is 0 Å².